The molecule has 16 heavy (non-hydrogen) atoms. The lowest BCUT2D eigenvalue weighted by Gasteiger charge is -2.29. The summed E-state index contributed by atoms with van der Waals surface area (Å²) in [5.74, 6) is 1.37. The molecule has 2 aromatic rings. The summed E-state index contributed by atoms with van der Waals surface area (Å²) in [7, 11) is 0. The Morgan fingerprint density at radius 1 is 1.44 bits per heavy atom. The highest BCUT2D eigenvalue weighted by molar-refractivity contribution is 5.82. The second-order valence-corrected chi connectivity index (χ2v) is 4.74. The molecule has 0 amide bonds. The fourth-order valence-electron chi connectivity index (χ4n) is 2.77. The van der Waals surface area contributed by atoms with Crippen molar-refractivity contribution in [2.24, 2.45) is 5.92 Å². The molecule has 1 saturated heterocycles. The van der Waals surface area contributed by atoms with E-state index < -0.39 is 0 Å². The van der Waals surface area contributed by atoms with Crippen LogP contribution in [0.15, 0.2) is 24.7 Å². The number of hydrogen-bond donors (Lipinski definition) is 2. The Bertz CT molecular complexity index is 489. The van der Waals surface area contributed by atoms with E-state index in [1.165, 1.54) is 22.9 Å². The maximum absolute atomic E-state index is 4.23. The SMILES string of the molecule is CC1CNCCC1c1c[nH]c2ccncc12. The van der Waals surface area contributed by atoms with Crippen LogP contribution in [0.5, 0.6) is 0 Å². The molecule has 2 N–H and O–H groups in total. The molecule has 0 radical (unpaired) electrons. The highest BCUT2D eigenvalue weighted by Gasteiger charge is 2.24. The number of fused-ring (bicyclic) bond motifs is 1. The number of hydrogen-bond acceptors (Lipinski definition) is 2. The van der Waals surface area contributed by atoms with Crippen molar-refractivity contribution in [3.63, 3.8) is 0 Å². The van der Waals surface area contributed by atoms with Crippen molar-refractivity contribution in [3.8, 4) is 0 Å². The zero-order chi connectivity index (χ0) is 11.0. The summed E-state index contributed by atoms with van der Waals surface area (Å²) < 4.78 is 0. The van der Waals surface area contributed by atoms with Crippen LogP contribution in [0.25, 0.3) is 10.9 Å². The van der Waals surface area contributed by atoms with Gasteiger partial charge in [-0.15, -0.1) is 0 Å². The fourth-order valence-corrected chi connectivity index (χ4v) is 2.77. The van der Waals surface area contributed by atoms with Gasteiger partial charge in [-0.05, 0) is 43.0 Å². The molecule has 3 heterocycles. The van der Waals surface area contributed by atoms with E-state index in [4.69, 9.17) is 0 Å². The van der Waals surface area contributed by atoms with Gasteiger partial charge in [0.25, 0.3) is 0 Å². The van der Waals surface area contributed by atoms with E-state index >= 15 is 0 Å². The van der Waals surface area contributed by atoms with Crippen LogP contribution in [0.4, 0.5) is 0 Å². The Morgan fingerprint density at radius 2 is 2.38 bits per heavy atom. The molecule has 0 bridgehead atoms. The van der Waals surface area contributed by atoms with Gasteiger partial charge in [-0.2, -0.15) is 0 Å². The summed E-state index contributed by atoms with van der Waals surface area (Å²) >= 11 is 0. The van der Waals surface area contributed by atoms with Gasteiger partial charge in [0.15, 0.2) is 0 Å². The molecule has 0 aliphatic carbocycles. The van der Waals surface area contributed by atoms with Crippen LogP contribution in [0, 0.1) is 5.92 Å². The van der Waals surface area contributed by atoms with Crippen LogP contribution < -0.4 is 5.32 Å². The number of pyridine rings is 1. The first kappa shape index (κ1) is 9.85. The van der Waals surface area contributed by atoms with Crippen molar-refractivity contribution in [2.45, 2.75) is 19.3 Å². The molecule has 0 saturated carbocycles. The quantitative estimate of drug-likeness (QED) is 0.766. The lowest BCUT2D eigenvalue weighted by molar-refractivity contribution is 0.351. The maximum Gasteiger partial charge on any atom is 0.0487 e. The predicted octanol–water partition coefficient (Wildman–Crippen LogP) is 2.28. The molecule has 2 aromatic heterocycles. The van der Waals surface area contributed by atoms with E-state index in [2.05, 4.69) is 28.4 Å². The lowest BCUT2D eigenvalue weighted by atomic mass is 9.82. The Morgan fingerprint density at radius 3 is 3.25 bits per heavy atom. The van der Waals surface area contributed by atoms with Crippen molar-refractivity contribution in [3.05, 3.63) is 30.2 Å². The third kappa shape index (κ3) is 1.52. The van der Waals surface area contributed by atoms with E-state index in [1.54, 1.807) is 0 Å². The largest absolute Gasteiger partial charge is 0.361 e. The molecule has 0 spiro atoms. The average Bonchev–Trinajstić information content (AvgIpc) is 2.74. The minimum absolute atomic E-state index is 0.666. The first-order valence-corrected chi connectivity index (χ1v) is 5.98. The number of nitrogens with one attached hydrogen (secondary N) is 2. The second-order valence-electron chi connectivity index (χ2n) is 4.74. The highest BCUT2D eigenvalue weighted by atomic mass is 14.9. The topological polar surface area (TPSA) is 40.7 Å². The number of nitrogens with zero attached hydrogens (tertiary/aromatic N) is 1. The van der Waals surface area contributed by atoms with Gasteiger partial charge in [0.2, 0.25) is 0 Å². The van der Waals surface area contributed by atoms with Gasteiger partial charge in [-0.1, -0.05) is 6.92 Å². The van der Waals surface area contributed by atoms with E-state index in [0.717, 1.165) is 13.1 Å². The van der Waals surface area contributed by atoms with Gasteiger partial charge in [-0.3, -0.25) is 4.98 Å². The first-order valence-electron chi connectivity index (χ1n) is 5.98. The van der Waals surface area contributed by atoms with Crippen LogP contribution in [0.3, 0.4) is 0 Å². The molecule has 2 atom stereocenters. The molecule has 1 aliphatic rings. The number of aromatic nitrogens is 2. The second kappa shape index (κ2) is 3.91. The summed E-state index contributed by atoms with van der Waals surface area (Å²) in [5.41, 5.74) is 2.65. The summed E-state index contributed by atoms with van der Waals surface area (Å²) in [6.07, 6.45) is 7.21. The molecular formula is C13H17N3. The zero-order valence-electron chi connectivity index (χ0n) is 9.53. The van der Waals surface area contributed by atoms with Crippen LogP contribution >= 0.6 is 0 Å². The Balaban J connectivity index is 2.04. The molecule has 3 heteroatoms. The minimum Gasteiger partial charge on any atom is -0.361 e. The number of H-pyrrole nitrogens is 1. The van der Waals surface area contributed by atoms with Gasteiger partial charge < -0.3 is 10.3 Å². The van der Waals surface area contributed by atoms with Crippen LogP contribution in [0.1, 0.15) is 24.8 Å². The van der Waals surface area contributed by atoms with Crippen molar-refractivity contribution in [2.75, 3.05) is 13.1 Å². The van der Waals surface area contributed by atoms with E-state index in [9.17, 15) is 0 Å². The van der Waals surface area contributed by atoms with E-state index in [0.29, 0.717) is 11.8 Å². The summed E-state index contributed by atoms with van der Waals surface area (Å²) in [6, 6.07) is 2.05. The molecule has 84 valence electrons. The van der Waals surface area contributed by atoms with E-state index in [1.807, 2.05) is 18.5 Å². The maximum atomic E-state index is 4.23. The van der Waals surface area contributed by atoms with Crippen molar-refractivity contribution >= 4 is 10.9 Å². The van der Waals surface area contributed by atoms with Gasteiger partial charge in [0, 0.05) is 29.5 Å². The van der Waals surface area contributed by atoms with Crippen LogP contribution in [-0.2, 0) is 0 Å². The molecule has 3 nitrogen and oxygen atoms in total. The van der Waals surface area contributed by atoms with Crippen molar-refractivity contribution in [1.29, 1.82) is 0 Å². The smallest absolute Gasteiger partial charge is 0.0487 e. The van der Waals surface area contributed by atoms with Crippen LogP contribution in [0.2, 0.25) is 0 Å². The highest BCUT2D eigenvalue weighted by Crippen LogP contribution is 2.34. The van der Waals surface area contributed by atoms with Gasteiger partial charge in [0.1, 0.15) is 0 Å². The lowest BCUT2D eigenvalue weighted by Crippen LogP contribution is -2.33. The number of piperidine rings is 1. The van der Waals surface area contributed by atoms with Crippen molar-refractivity contribution < 1.29 is 0 Å². The van der Waals surface area contributed by atoms with E-state index in [-0.39, 0.29) is 0 Å². The van der Waals surface area contributed by atoms with Crippen LogP contribution in [-0.4, -0.2) is 23.1 Å². The Labute approximate surface area is 95.3 Å². The number of aromatic amines is 1. The molecule has 1 fully saturated rings. The third-order valence-electron chi connectivity index (χ3n) is 3.70. The monoisotopic (exact) mass is 215 g/mol. The summed E-state index contributed by atoms with van der Waals surface area (Å²) in [4.78, 5) is 7.58. The van der Waals surface area contributed by atoms with Gasteiger partial charge >= 0.3 is 0 Å². The minimum atomic E-state index is 0.666. The molecule has 1 aliphatic heterocycles. The number of rotatable bonds is 1. The third-order valence-corrected chi connectivity index (χ3v) is 3.70. The normalized spacial score (nSPS) is 26.1. The Kier molecular flexibility index (Phi) is 2.40. The Hall–Kier alpha value is -1.35. The predicted molar refractivity (Wildman–Crippen MR) is 65.5 cm³/mol. The summed E-state index contributed by atoms with van der Waals surface area (Å²) in [6.45, 7) is 4.57. The van der Waals surface area contributed by atoms with Crippen molar-refractivity contribution in [1.82, 2.24) is 15.3 Å². The standard InChI is InChI=1S/C13H17N3/c1-9-6-14-4-2-10(9)11-8-16-13-3-5-15-7-12(11)13/h3,5,7-10,14,16H,2,4,6H2,1H3. The molecular weight excluding hydrogens is 198 g/mol. The fraction of sp³-hybridized carbons (Fsp3) is 0.462. The van der Waals surface area contributed by atoms with Gasteiger partial charge in [-0.25, -0.2) is 0 Å². The summed E-state index contributed by atoms with van der Waals surface area (Å²) in [5, 5.41) is 4.74. The zero-order valence-corrected chi connectivity index (χ0v) is 9.53. The average molecular weight is 215 g/mol. The molecule has 0 aromatic carbocycles. The first-order chi connectivity index (χ1) is 7.86. The molecule has 2 unspecified atom stereocenters. The van der Waals surface area contributed by atoms with Gasteiger partial charge in [0.05, 0.1) is 0 Å². The molecule has 3 rings (SSSR count).